The van der Waals surface area contributed by atoms with Crippen molar-refractivity contribution in [3.8, 4) is 22.1 Å². The number of methoxy groups -OCH3 is 1. The summed E-state index contributed by atoms with van der Waals surface area (Å²) in [7, 11) is -1.56. The number of carbonyl (C=O) groups excluding carboxylic acids is 1. The first-order valence-corrected chi connectivity index (χ1v) is 30.6. The molecule has 26 heteroatoms. The van der Waals surface area contributed by atoms with Gasteiger partial charge in [-0.3, -0.25) is 13.9 Å². The molecule has 0 saturated carbocycles. The minimum Gasteiger partial charge on any atom is -0.495 e. The molecule has 4 aromatic carbocycles. The summed E-state index contributed by atoms with van der Waals surface area (Å²) in [6.45, 7) is 34.1. The number of ether oxygens (including phenoxy) is 1. The maximum absolute atomic E-state index is 14.6. The lowest BCUT2D eigenvalue weighted by Gasteiger charge is -2.29. The molecule has 0 radical (unpaired) electrons. The van der Waals surface area contributed by atoms with E-state index in [1.165, 1.54) is 35.7 Å². The Hall–Kier alpha value is -10.1. The van der Waals surface area contributed by atoms with E-state index in [0.29, 0.717) is 47.3 Å². The normalized spacial score (nSPS) is 13.4. The van der Waals surface area contributed by atoms with Crippen molar-refractivity contribution >= 4 is 96.5 Å². The van der Waals surface area contributed by atoms with Gasteiger partial charge in [0.2, 0.25) is 16.3 Å². The highest BCUT2D eigenvalue weighted by Crippen LogP contribution is 2.45. The summed E-state index contributed by atoms with van der Waals surface area (Å²) in [6.07, 6.45) is 0.280. The Morgan fingerprint density at radius 2 is 1.42 bits per heavy atom. The molecule has 89 heavy (non-hydrogen) atoms. The second-order valence-electron chi connectivity index (χ2n) is 23.7. The van der Waals surface area contributed by atoms with Crippen molar-refractivity contribution in [2.75, 3.05) is 36.2 Å². The molecule has 24 nitrogen and oxygen atoms in total. The number of carboxylic acid groups (broad SMARTS) is 1. The maximum atomic E-state index is 14.6. The van der Waals surface area contributed by atoms with Crippen LogP contribution in [0.15, 0.2) is 109 Å². The van der Waals surface area contributed by atoms with Crippen LogP contribution >= 0.6 is 11.3 Å². The molecule has 458 valence electrons. The lowest BCUT2D eigenvalue weighted by molar-refractivity contribution is -0.137. The highest BCUT2D eigenvalue weighted by molar-refractivity contribution is 7.90. The first-order valence-electron chi connectivity index (χ1n) is 28.3. The molecule has 4 aromatic heterocycles. The van der Waals surface area contributed by atoms with Crippen LogP contribution in [0.4, 0.5) is 57.4 Å². The minimum atomic E-state index is -4.25. The number of azo groups is 2. The number of aliphatic carboxylic acids is 1. The number of nitrogens with one attached hydrogen (secondary N) is 2. The summed E-state index contributed by atoms with van der Waals surface area (Å²) in [6, 6.07) is 23.5. The molecule has 9 rings (SSSR count). The van der Waals surface area contributed by atoms with Gasteiger partial charge in [0.1, 0.15) is 33.8 Å². The number of pyridine rings is 1. The van der Waals surface area contributed by atoms with Crippen LogP contribution in [0.25, 0.3) is 15.1 Å². The van der Waals surface area contributed by atoms with Gasteiger partial charge < -0.3 is 25.4 Å². The number of fused-ring (bicyclic) bond motifs is 1. The molecule has 5 heterocycles. The Labute approximate surface area is 520 Å². The van der Waals surface area contributed by atoms with Crippen LogP contribution in [-0.4, -0.2) is 97.0 Å². The second kappa shape index (κ2) is 25.0. The number of aliphatic imine (C=N–C) groups is 1. The van der Waals surface area contributed by atoms with E-state index in [1.54, 1.807) is 36.4 Å². The summed E-state index contributed by atoms with van der Waals surface area (Å²) in [5.41, 5.74) is 8.27. The Morgan fingerprint density at radius 1 is 0.820 bits per heavy atom. The van der Waals surface area contributed by atoms with Gasteiger partial charge in [-0.1, -0.05) is 113 Å². The molecule has 0 bridgehead atoms. The average Bonchev–Trinajstić information content (AvgIpc) is 1.74. The van der Waals surface area contributed by atoms with E-state index in [9.17, 15) is 28.4 Å². The van der Waals surface area contributed by atoms with E-state index in [2.05, 4.69) is 71.2 Å². The fourth-order valence-electron chi connectivity index (χ4n) is 10.5. The van der Waals surface area contributed by atoms with Crippen LogP contribution in [-0.2, 0) is 30.4 Å². The molecular formula is C63H68N18O6S2. The number of aromatic nitrogens is 7. The number of para-hydroxylation sites is 3. The average molecular weight is 1240 g/mol. The number of nitriles is 1. The van der Waals surface area contributed by atoms with Crippen molar-refractivity contribution in [1.29, 1.82) is 5.26 Å². The predicted molar refractivity (Wildman–Crippen MR) is 343 cm³/mol. The standard InChI is InChI=1S/C63H68N18O6S2/c1-34-28-36(3)48(37(4)29-34)69-55-49(38(5)32-46(68-55)79(27-21-26-47(82)83)52-39(6)30-35(2)31-40(52)7)70-72-56-41(33-64)53(62(8,9)10)76-80(56)60-74-75-61(88-60)81-58(50(65-14)54(77-81)63(11,12)13)73-71-51(59(84)67-42-22-17-19-24-44(42)87-16)57-66-43-23-18-20-25-45(43)89(85,86)78(57)15/h17-20,22-25,28-32,51H,21,26-27H2,1-13,15-16H3,(H,67,84)(H,68,69)(H,82,83). The number of hydrogen-bond donors (Lipinski definition) is 3. The maximum Gasteiger partial charge on any atom is 0.303 e. The number of anilines is 5. The molecule has 0 aliphatic carbocycles. The molecule has 1 unspecified atom stereocenters. The third kappa shape index (κ3) is 12.9. The minimum absolute atomic E-state index is 0.00820. The van der Waals surface area contributed by atoms with Crippen LogP contribution in [0.1, 0.15) is 110 Å². The molecule has 8 aromatic rings. The number of amidine groups is 1. The molecule has 1 atom stereocenters. The van der Waals surface area contributed by atoms with Crippen LogP contribution < -0.4 is 20.3 Å². The van der Waals surface area contributed by atoms with Gasteiger partial charge in [0, 0.05) is 36.8 Å². The van der Waals surface area contributed by atoms with Crippen molar-refractivity contribution in [2.45, 2.75) is 125 Å². The molecule has 0 fully saturated rings. The summed E-state index contributed by atoms with van der Waals surface area (Å²) >= 11 is 0.961. The fourth-order valence-corrected chi connectivity index (χ4v) is 12.6. The highest BCUT2D eigenvalue weighted by Gasteiger charge is 2.40. The van der Waals surface area contributed by atoms with Gasteiger partial charge in [-0.15, -0.1) is 25.5 Å². The number of carbonyl (C=O) groups is 2. The highest BCUT2D eigenvalue weighted by atomic mass is 32.2. The number of rotatable bonds is 18. The van der Waals surface area contributed by atoms with Gasteiger partial charge in [-0.2, -0.15) is 29.9 Å². The van der Waals surface area contributed by atoms with E-state index in [1.807, 2.05) is 101 Å². The number of sulfonamides is 1. The van der Waals surface area contributed by atoms with E-state index >= 15 is 0 Å². The Balaban J connectivity index is 1.20. The first kappa shape index (κ1) is 63.5. The number of aryl methyl sites for hydroxylation is 7. The quantitative estimate of drug-likeness (QED) is 0.0532. The molecule has 3 N–H and O–H groups in total. The number of benzene rings is 4. The van der Waals surface area contributed by atoms with Gasteiger partial charge in [0.05, 0.1) is 36.4 Å². The molecular weight excluding hydrogens is 1170 g/mol. The molecule has 0 spiro atoms. The lowest BCUT2D eigenvalue weighted by Crippen LogP contribution is -2.46. The third-order valence-electron chi connectivity index (χ3n) is 14.6. The topological polar surface area (TPSA) is 293 Å². The lowest BCUT2D eigenvalue weighted by atomic mass is 9.90. The number of nitrogens with zero attached hydrogens (tertiary/aromatic N) is 16. The van der Waals surface area contributed by atoms with Gasteiger partial charge in [0.25, 0.3) is 21.6 Å². The largest absolute Gasteiger partial charge is 0.495 e. The molecule has 1 aliphatic heterocycles. The summed E-state index contributed by atoms with van der Waals surface area (Å²) < 4.78 is 37.1. The number of carboxylic acids is 1. The van der Waals surface area contributed by atoms with Crippen LogP contribution in [0, 0.1) is 66.4 Å². The zero-order chi connectivity index (χ0) is 64.6. The Bertz CT molecular complexity index is 4390. The van der Waals surface area contributed by atoms with E-state index in [0.717, 1.165) is 60.4 Å². The molecule has 0 saturated heterocycles. The zero-order valence-corrected chi connectivity index (χ0v) is 53.8. The zero-order valence-electron chi connectivity index (χ0n) is 52.2. The van der Waals surface area contributed by atoms with Crippen LogP contribution in [0.2, 0.25) is 0 Å². The number of likely N-dealkylation sites (N-methyl/N-ethyl adjacent to an activating group) is 1. The van der Waals surface area contributed by atoms with E-state index in [4.69, 9.17) is 36.7 Å². The monoisotopic (exact) mass is 1240 g/mol. The summed E-state index contributed by atoms with van der Waals surface area (Å²) in [4.78, 5) is 42.3. The number of amides is 1. The van der Waals surface area contributed by atoms with Gasteiger partial charge >= 0.3 is 5.97 Å². The van der Waals surface area contributed by atoms with Crippen LogP contribution in [0.3, 0.4) is 0 Å². The van der Waals surface area contributed by atoms with Crippen molar-refractivity contribution in [1.82, 2.24) is 39.0 Å². The first-order chi connectivity index (χ1) is 42.0. The van der Waals surface area contributed by atoms with E-state index in [-0.39, 0.29) is 67.4 Å². The van der Waals surface area contributed by atoms with Crippen molar-refractivity contribution < 1.29 is 27.9 Å². The van der Waals surface area contributed by atoms with Crippen molar-refractivity contribution in [3.63, 3.8) is 0 Å². The van der Waals surface area contributed by atoms with Gasteiger partial charge in [-0.25, -0.2) is 23.2 Å². The molecule has 1 amide bonds. The van der Waals surface area contributed by atoms with Gasteiger partial charge in [-0.05, 0) is 118 Å². The Kier molecular flexibility index (Phi) is 17.8. The molecule has 1 aliphatic rings. The number of hydrogen-bond acceptors (Lipinski definition) is 19. The van der Waals surface area contributed by atoms with Crippen molar-refractivity contribution in [3.05, 3.63) is 146 Å². The van der Waals surface area contributed by atoms with E-state index < -0.39 is 38.8 Å². The predicted octanol–water partition coefficient (Wildman–Crippen LogP) is 14.1. The SMILES string of the molecule is [C-]#[N+]c1c(C(C)(C)C)nn(-c2nnc(-n3nc(C(C)(C)C)c(C#N)c3N=Nc3c(C)cc(N(CCCC(=O)O)c4c(C)cc(C)cc4C)nc3Nc3c(C)cc(C)cc3C)s2)c1N=NC(C(=O)Nc1ccccc1OC)C1=Nc2ccccc2S(=O)(=O)N1C. The third-order valence-corrected chi connectivity index (χ3v) is 17.3. The van der Waals surface area contributed by atoms with Crippen molar-refractivity contribution in [2.24, 2.45) is 25.4 Å². The Morgan fingerprint density at radius 3 is 2.02 bits per heavy atom. The fraction of sp³-hybridized carbons (Fsp3) is 0.333. The second-order valence-corrected chi connectivity index (χ2v) is 26.6. The smallest absolute Gasteiger partial charge is 0.303 e. The summed E-state index contributed by atoms with van der Waals surface area (Å²) in [5, 5.41) is 65.1. The van der Waals surface area contributed by atoms with Gasteiger partial charge in [0.15, 0.2) is 23.3 Å². The van der Waals surface area contributed by atoms with Crippen LogP contribution in [0.5, 0.6) is 5.75 Å². The summed E-state index contributed by atoms with van der Waals surface area (Å²) in [5.74, 6) is -1.01.